The quantitative estimate of drug-likeness (QED) is 0.789. The van der Waals surface area contributed by atoms with E-state index in [2.05, 4.69) is 14.8 Å². The second-order valence-corrected chi connectivity index (χ2v) is 8.72. The Balaban J connectivity index is 1.39. The third-order valence-corrected chi connectivity index (χ3v) is 6.30. The first kappa shape index (κ1) is 19.9. The number of piperidine rings is 1. The summed E-state index contributed by atoms with van der Waals surface area (Å²) in [7, 11) is 1.91. The Kier molecular flexibility index (Phi) is 5.58. The maximum atomic E-state index is 12.6. The van der Waals surface area contributed by atoms with Crippen LogP contribution < -0.4 is 10.5 Å². The Hall–Kier alpha value is -2.41. The monoisotopic (exact) mass is 397 g/mol. The summed E-state index contributed by atoms with van der Waals surface area (Å²) in [5, 5.41) is 0.680. The number of benzene rings is 1. The highest BCUT2D eigenvalue weighted by atomic mass is 16.2. The number of nitrogens with zero attached hydrogens (tertiary/aromatic N) is 5. The number of aromatic nitrogens is 2. The Bertz CT molecular complexity index is 946. The van der Waals surface area contributed by atoms with Gasteiger partial charge in [-0.2, -0.15) is 0 Å². The van der Waals surface area contributed by atoms with Crippen molar-refractivity contribution in [3.05, 3.63) is 34.9 Å². The van der Waals surface area contributed by atoms with E-state index in [1.807, 2.05) is 44.0 Å². The van der Waals surface area contributed by atoms with Gasteiger partial charge < -0.3 is 9.80 Å². The summed E-state index contributed by atoms with van der Waals surface area (Å²) in [6, 6.07) is 6.11. The SMILES string of the molecule is CC(C)n1cnc2cc(N3CCN(CC4CCC(=O)N(C)C4)CC3)ccc2c1=O. The predicted molar refractivity (Wildman–Crippen MR) is 115 cm³/mol. The van der Waals surface area contributed by atoms with E-state index in [0.717, 1.165) is 56.9 Å². The van der Waals surface area contributed by atoms with Gasteiger partial charge in [0.2, 0.25) is 5.91 Å². The molecule has 2 fully saturated rings. The van der Waals surface area contributed by atoms with Crippen LogP contribution in [0, 0.1) is 5.92 Å². The van der Waals surface area contributed by atoms with Crippen LogP contribution in [0.25, 0.3) is 10.9 Å². The summed E-state index contributed by atoms with van der Waals surface area (Å²) in [5.41, 5.74) is 1.92. The molecule has 0 aliphatic carbocycles. The number of piperazine rings is 1. The fourth-order valence-electron chi connectivity index (χ4n) is 4.49. The van der Waals surface area contributed by atoms with Crippen molar-refractivity contribution >= 4 is 22.5 Å². The minimum Gasteiger partial charge on any atom is -0.369 e. The predicted octanol–water partition coefficient (Wildman–Crippen LogP) is 1.97. The molecule has 0 N–H and O–H groups in total. The van der Waals surface area contributed by atoms with E-state index in [1.165, 1.54) is 0 Å². The van der Waals surface area contributed by atoms with Gasteiger partial charge in [-0.25, -0.2) is 4.98 Å². The molecule has 1 atom stereocenters. The number of hydrogen-bond acceptors (Lipinski definition) is 5. The van der Waals surface area contributed by atoms with Crippen LogP contribution in [-0.4, -0.2) is 71.6 Å². The van der Waals surface area contributed by atoms with Crippen LogP contribution >= 0.6 is 0 Å². The van der Waals surface area contributed by atoms with Gasteiger partial charge in [-0.15, -0.1) is 0 Å². The van der Waals surface area contributed by atoms with Crippen LogP contribution in [0.3, 0.4) is 0 Å². The number of carbonyl (C=O) groups excluding carboxylic acids is 1. The lowest BCUT2D eigenvalue weighted by Gasteiger charge is -2.39. The summed E-state index contributed by atoms with van der Waals surface area (Å²) >= 11 is 0. The van der Waals surface area contributed by atoms with Gasteiger partial charge in [-0.3, -0.25) is 19.1 Å². The van der Waals surface area contributed by atoms with Crippen LogP contribution in [0.4, 0.5) is 5.69 Å². The molecule has 0 spiro atoms. The van der Waals surface area contributed by atoms with E-state index in [4.69, 9.17) is 0 Å². The lowest BCUT2D eigenvalue weighted by Crippen LogP contribution is -2.49. The number of rotatable bonds is 4. The summed E-state index contributed by atoms with van der Waals surface area (Å²) in [4.78, 5) is 35.6. The van der Waals surface area contributed by atoms with Gasteiger partial charge in [-0.1, -0.05) is 0 Å². The molecule has 1 aromatic carbocycles. The molecule has 0 bridgehead atoms. The third kappa shape index (κ3) is 4.15. The molecule has 0 saturated carbocycles. The lowest BCUT2D eigenvalue weighted by atomic mass is 9.97. The number of amides is 1. The molecule has 7 nitrogen and oxygen atoms in total. The third-order valence-electron chi connectivity index (χ3n) is 6.30. The molecule has 2 aromatic rings. The Morgan fingerprint density at radius 3 is 2.59 bits per heavy atom. The van der Waals surface area contributed by atoms with Crippen LogP contribution in [-0.2, 0) is 4.79 Å². The minimum absolute atomic E-state index is 0.0253. The second kappa shape index (κ2) is 8.14. The number of anilines is 1. The topological polar surface area (TPSA) is 61.7 Å². The van der Waals surface area contributed by atoms with Gasteiger partial charge in [0.1, 0.15) is 0 Å². The lowest BCUT2D eigenvalue weighted by molar-refractivity contribution is -0.133. The second-order valence-electron chi connectivity index (χ2n) is 8.72. The highest BCUT2D eigenvalue weighted by Crippen LogP contribution is 2.22. The van der Waals surface area contributed by atoms with Crippen molar-refractivity contribution in [3.63, 3.8) is 0 Å². The molecule has 29 heavy (non-hydrogen) atoms. The zero-order chi connectivity index (χ0) is 20.5. The number of hydrogen-bond donors (Lipinski definition) is 0. The summed E-state index contributed by atoms with van der Waals surface area (Å²) in [6.07, 6.45) is 3.35. The van der Waals surface area contributed by atoms with E-state index in [-0.39, 0.29) is 17.5 Å². The van der Waals surface area contributed by atoms with Crippen molar-refractivity contribution in [2.24, 2.45) is 5.92 Å². The van der Waals surface area contributed by atoms with Gasteiger partial charge in [0.15, 0.2) is 0 Å². The van der Waals surface area contributed by atoms with E-state index in [9.17, 15) is 9.59 Å². The molecule has 1 aromatic heterocycles. The Morgan fingerprint density at radius 1 is 1.14 bits per heavy atom. The van der Waals surface area contributed by atoms with Gasteiger partial charge >= 0.3 is 0 Å². The van der Waals surface area contributed by atoms with Crippen molar-refractivity contribution in [2.75, 3.05) is 51.2 Å². The molecular weight excluding hydrogens is 366 g/mol. The maximum absolute atomic E-state index is 12.6. The molecule has 2 saturated heterocycles. The van der Waals surface area contributed by atoms with Gasteiger partial charge in [-0.05, 0) is 44.4 Å². The van der Waals surface area contributed by atoms with Crippen LogP contribution in [0.1, 0.15) is 32.7 Å². The molecule has 7 heteroatoms. The molecule has 2 aliphatic heterocycles. The van der Waals surface area contributed by atoms with E-state index < -0.39 is 0 Å². The zero-order valence-corrected chi connectivity index (χ0v) is 17.7. The van der Waals surface area contributed by atoms with Crippen LogP contribution in [0.2, 0.25) is 0 Å². The fourth-order valence-corrected chi connectivity index (χ4v) is 4.49. The van der Waals surface area contributed by atoms with E-state index in [1.54, 1.807) is 10.9 Å². The normalized spacial score (nSPS) is 21.4. The van der Waals surface area contributed by atoms with Crippen molar-refractivity contribution < 1.29 is 4.79 Å². The summed E-state index contributed by atoms with van der Waals surface area (Å²) < 4.78 is 1.68. The molecule has 0 radical (unpaired) electrons. The highest BCUT2D eigenvalue weighted by molar-refractivity contribution is 5.81. The van der Waals surface area contributed by atoms with Gasteiger partial charge in [0, 0.05) is 64.5 Å². The summed E-state index contributed by atoms with van der Waals surface area (Å²) in [5.74, 6) is 0.855. The molecular formula is C22H31N5O2. The van der Waals surface area contributed by atoms with E-state index >= 15 is 0 Å². The minimum atomic E-state index is 0.0253. The van der Waals surface area contributed by atoms with Crippen LogP contribution in [0.5, 0.6) is 0 Å². The Labute approximate surface area is 171 Å². The molecule has 1 unspecified atom stereocenters. The number of likely N-dealkylation sites (tertiary alicyclic amines) is 1. The van der Waals surface area contributed by atoms with Gasteiger partial charge in [0.05, 0.1) is 17.2 Å². The largest absolute Gasteiger partial charge is 0.369 e. The standard InChI is InChI=1S/C22H31N5O2/c1-16(2)27-15-23-20-12-18(5-6-19(20)22(27)29)26-10-8-25(9-11-26)14-17-4-7-21(28)24(3)13-17/h5-6,12,15-17H,4,7-11,13-14H2,1-3H3. The maximum Gasteiger partial charge on any atom is 0.261 e. The molecule has 4 rings (SSSR count). The Morgan fingerprint density at radius 2 is 1.90 bits per heavy atom. The highest BCUT2D eigenvalue weighted by Gasteiger charge is 2.26. The van der Waals surface area contributed by atoms with Crippen LogP contribution in [0.15, 0.2) is 29.3 Å². The summed E-state index contributed by atoms with van der Waals surface area (Å²) in [6.45, 7) is 9.91. The smallest absolute Gasteiger partial charge is 0.261 e. The van der Waals surface area contributed by atoms with Crippen molar-refractivity contribution in [1.29, 1.82) is 0 Å². The molecule has 1 amide bonds. The first-order valence-corrected chi connectivity index (χ1v) is 10.6. The first-order valence-electron chi connectivity index (χ1n) is 10.6. The average molecular weight is 398 g/mol. The number of carbonyl (C=O) groups is 1. The van der Waals surface area contributed by atoms with Crippen molar-refractivity contribution in [3.8, 4) is 0 Å². The fraction of sp³-hybridized carbons (Fsp3) is 0.591. The van der Waals surface area contributed by atoms with Gasteiger partial charge in [0.25, 0.3) is 5.56 Å². The van der Waals surface area contributed by atoms with Crippen molar-refractivity contribution in [2.45, 2.75) is 32.7 Å². The molecule has 3 heterocycles. The van der Waals surface area contributed by atoms with Crippen molar-refractivity contribution in [1.82, 2.24) is 19.4 Å². The number of fused-ring (bicyclic) bond motifs is 1. The zero-order valence-electron chi connectivity index (χ0n) is 17.7. The first-order chi connectivity index (χ1) is 13.9. The van der Waals surface area contributed by atoms with E-state index in [0.29, 0.717) is 17.7 Å². The average Bonchev–Trinajstić information content (AvgIpc) is 2.71. The molecule has 156 valence electrons. The molecule has 2 aliphatic rings.